The Morgan fingerprint density at radius 2 is 1.04 bits per heavy atom. The number of alkyl halides is 15. The summed E-state index contributed by atoms with van der Waals surface area (Å²) >= 11 is 7.61. The maximum Gasteiger partial charge on any atom is 0.460 e. The third-order valence-corrected chi connectivity index (χ3v) is 3.80. The van der Waals surface area contributed by atoms with Crippen LogP contribution in [-0.4, -0.2) is 53.2 Å². The highest BCUT2D eigenvalue weighted by atomic mass is 35.5. The average molecular weight is 515 g/mol. The van der Waals surface area contributed by atoms with Crippen molar-refractivity contribution < 1.29 is 79.5 Å². The first-order valence-electron chi connectivity index (χ1n) is 5.37. The van der Waals surface area contributed by atoms with Crippen LogP contribution in [0, 0.1) is 0 Å². The molecule has 0 amide bonds. The molecule has 0 saturated carbocycles. The summed E-state index contributed by atoms with van der Waals surface area (Å²) in [5, 5.41) is -19.1. The topological polar surface area (TPSA) is 72.8 Å². The molecule has 0 aromatic rings. The molecule has 170 valence electrons. The summed E-state index contributed by atoms with van der Waals surface area (Å²) in [7, 11) is -7.45. The molecular weight excluding hydrogens is 514 g/mol. The summed E-state index contributed by atoms with van der Waals surface area (Å²) in [6, 6.07) is 0. The van der Waals surface area contributed by atoms with Crippen LogP contribution in [0.15, 0.2) is 0 Å². The molecule has 2 unspecified atom stereocenters. The minimum atomic E-state index is -7.66. The Balaban J connectivity index is 6.45. The second-order valence-electron chi connectivity index (χ2n) is 4.34. The van der Waals surface area contributed by atoms with E-state index in [0.29, 0.717) is 0 Å². The van der Waals surface area contributed by atoms with Crippen LogP contribution >= 0.6 is 23.2 Å². The van der Waals surface area contributed by atoms with Crippen LogP contribution in [0.3, 0.4) is 0 Å². The van der Waals surface area contributed by atoms with Gasteiger partial charge in [-0.25, -0.2) is 0 Å². The van der Waals surface area contributed by atoms with Gasteiger partial charge in [0, 0.05) is 0 Å². The minimum Gasteiger partial charge on any atom is -0.281 e. The lowest BCUT2D eigenvalue weighted by Gasteiger charge is -2.38. The first kappa shape index (κ1) is 27.5. The second kappa shape index (κ2) is 7.03. The minimum absolute atomic E-state index is 1.50. The first-order chi connectivity index (χ1) is 11.7. The van der Waals surface area contributed by atoms with Gasteiger partial charge in [0.15, 0.2) is 0 Å². The third kappa shape index (κ3) is 4.79. The number of hydrogen-bond acceptors (Lipinski definition) is 4. The van der Waals surface area contributed by atoms with Crippen LogP contribution < -0.4 is 0 Å². The van der Waals surface area contributed by atoms with Gasteiger partial charge >= 0.3 is 50.3 Å². The molecule has 0 saturated heterocycles. The van der Waals surface area contributed by atoms with Gasteiger partial charge in [0.1, 0.15) is 0 Å². The Morgan fingerprint density at radius 3 is 1.29 bits per heavy atom. The standard InChI is InChI=1S/C7HCl2F13O5S/c8-2(11,12)3(9,13)27-5(17,18)1(10,4(14,15)16)26-6(19,20)7(21,22)28(23,24)25/h(H,23,24,25). The molecular formula is C7HCl2F13O5S. The van der Waals surface area contributed by atoms with Gasteiger partial charge in [-0.3, -0.25) is 14.0 Å². The zero-order chi connectivity index (χ0) is 23.4. The van der Waals surface area contributed by atoms with E-state index in [1.807, 2.05) is 4.74 Å². The van der Waals surface area contributed by atoms with Crippen LogP contribution in [0.2, 0.25) is 0 Å². The van der Waals surface area contributed by atoms with Crippen molar-refractivity contribution in [2.75, 3.05) is 0 Å². The van der Waals surface area contributed by atoms with Crippen molar-refractivity contribution in [2.24, 2.45) is 0 Å². The molecule has 0 aliphatic heterocycles. The largest absolute Gasteiger partial charge is 0.460 e. The molecule has 0 fully saturated rings. The van der Waals surface area contributed by atoms with Gasteiger partial charge in [-0.05, 0) is 23.2 Å². The maximum atomic E-state index is 13.6. The average Bonchev–Trinajstić information content (AvgIpc) is 2.31. The molecule has 0 aromatic heterocycles. The Labute approximate surface area is 154 Å². The molecule has 0 heterocycles. The zero-order valence-corrected chi connectivity index (χ0v) is 14.0. The smallest absolute Gasteiger partial charge is 0.281 e. The summed E-state index contributed by atoms with van der Waals surface area (Å²) in [5.74, 6) is -7.66. The van der Waals surface area contributed by atoms with Crippen LogP contribution in [-0.2, 0) is 19.6 Å². The number of rotatable bonds is 8. The zero-order valence-electron chi connectivity index (χ0n) is 11.7. The lowest BCUT2D eigenvalue weighted by Crippen LogP contribution is -2.65. The summed E-state index contributed by atoms with van der Waals surface area (Å²) < 4.78 is 198. The van der Waals surface area contributed by atoms with Crippen molar-refractivity contribution in [1.29, 1.82) is 0 Å². The molecule has 1 N–H and O–H groups in total. The van der Waals surface area contributed by atoms with E-state index in [4.69, 9.17) is 4.55 Å². The molecule has 5 nitrogen and oxygen atoms in total. The van der Waals surface area contributed by atoms with Crippen molar-refractivity contribution in [2.45, 2.75) is 40.2 Å². The monoisotopic (exact) mass is 514 g/mol. The fourth-order valence-corrected chi connectivity index (χ4v) is 1.43. The molecule has 0 rings (SSSR count). The molecule has 0 aliphatic carbocycles. The van der Waals surface area contributed by atoms with Crippen LogP contribution in [0.1, 0.15) is 0 Å². The molecule has 0 spiro atoms. The van der Waals surface area contributed by atoms with E-state index in [-0.39, 0.29) is 0 Å². The number of ether oxygens (including phenoxy) is 2. The third-order valence-electron chi connectivity index (χ3n) is 2.26. The van der Waals surface area contributed by atoms with E-state index in [9.17, 15) is 65.5 Å². The summed E-state index contributed by atoms with van der Waals surface area (Å²) in [6.07, 6.45) is -22.6. The number of hydrogen-bond donors (Lipinski definition) is 1. The van der Waals surface area contributed by atoms with Gasteiger partial charge in [-0.15, -0.1) is 0 Å². The van der Waals surface area contributed by atoms with Gasteiger partial charge in [0.25, 0.3) is 0 Å². The second-order valence-corrected chi connectivity index (χ2v) is 6.76. The molecule has 2 atom stereocenters. The first-order valence-corrected chi connectivity index (χ1v) is 7.57. The van der Waals surface area contributed by atoms with E-state index >= 15 is 0 Å². The quantitative estimate of drug-likeness (QED) is 0.291. The van der Waals surface area contributed by atoms with Crippen LogP contribution in [0.25, 0.3) is 0 Å². The van der Waals surface area contributed by atoms with Crippen molar-refractivity contribution in [3.05, 3.63) is 0 Å². The van der Waals surface area contributed by atoms with Crippen LogP contribution in [0.5, 0.6) is 0 Å². The molecule has 0 aliphatic rings. The molecule has 0 aromatic carbocycles. The predicted molar refractivity (Wildman–Crippen MR) is 58.9 cm³/mol. The Morgan fingerprint density at radius 1 is 0.679 bits per heavy atom. The fraction of sp³-hybridized carbons (Fsp3) is 1.00. The summed E-state index contributed by atoms with van der Waals surface area (Å²) in [5.41, 5.74) is 0. The Hall–Kier alpha value is -0.500. The van der Waals surface area contributed by atoms with Gasteiger partial charge in [-0.2, -0.15) is 65.5 Å². The van der Waals surface area contributed by atoms with E-state index in [1.165, 1.54) is 4.74 Å². The summed E-state index contributed by atoms with van der Waals surface area (Å²) in [6.45, 7) is 0. The van der Waals surface area contributed by atoms with Gasteiger partial charge in [0.2, 0.25) is 0 Å². The van der Waals surface area contributed by atoms with Crippen molar-refractivity contribution in [3.63, 3.8) is 0 Å². The van der Waals surface area contributed by atoms with Gasteiger partial charge in [0.05, 0.1) is 0 Å². The van der Waals surface area contributed by atoms with Crippen molar-refractivity contribution in [3.8, 4) is 0 Å². The highest BCUT2D eigenvalue weighted by Crippen LogP contribution is 2.55. The SMILES string of the molecule is O=S(=O)(O)C(F)(F)C(F)(F)OC(F)(C(F)(F)F)C(F)(F)OC(F)(Cl)C(F)(F)Cl. The van der Waals surface area contributed by atoms with Gasteiger partial charge < -0.3 is 0 Å². The van der Waals surface area contributed by atoms with E-state index in [2.05, 4.69) is 23.2 Å². The molecule has 0 bridgehead atoms. The Kier molecular flexibility index (Phi) is 6.91. The Bertz CT molecular complexity index is 686. The highest BCUT2D eigenvalue weighted by Gasteiger charge is 2.83. The predicted octanol–water partition coefficient (Wildman–Crippen LogP) is 4.61. The maximum absolute atomic E-state index is 13.6. The van der Waals surface area contributed by atoms with Crippen LogP contribution in [0.4, 0.5) is 57.1 Å². The lowest BCUT2D eigenvalue weighted by atomic mass is 10.2. The van der Waals surface area contributed by atoms with E-state index < -0.39 is 50.3 Å². The van der Waals surface area contributed by atoms with Crippen molar-refractivity contribution >= 4 is 33.3 Å². The van der Waals surface area contributed by atoms with Crippen molar-refractivity contribution in [1.82, 2.24) is 0 Å². The van der Waals surface area contributed by atoms with Gasteiger partial charge in [-0.1, -0.05) is 0 Å². The normalized spacial score (nSPS) is 19.9. The molecule has 28 heavy (non-hydrogen) atoms. The highest BCUT2D eigenvalue weighted by molar-refractivity contribution is 7.86. The van der Waals surface area contributed by atoms with E-state index in [0.717, 1.165) is 0 Å². The summed E-state index contributed by atoms with van der Waals surface area (Å²) in [4.78, 5) is 0. The molecule has 0 radical (unpaired) electrons. The fourth-order valence-electron chi connectivity index (χ4n) is 0.953. The van der Waals surface area contributed by atoms with E-state index in [1.54, 1.807) is 0 Å². The molecule has 21 heteroatoms. The number of halogens is 15. The lowest BCUT2D eigenvalue weighted by molar-refractivity contribution is -0.526.